The van der Waals surface area contributed by atoms with Crippen molar-refractivity contribution in [1.82, 2.24) is 4.90 Å². The molecule has 0 unspecified atom stereocenters. The molecule has 1 aliphatic heterocycles. The molecule has 0 spiro atoms. The summed E-state index contributed by atoms with van der Waals surface area (Å²) in [4.78, 5) is 14.0. The molecule has 0 aromatic carbocycles. The molecule has 1 saturated heterocycles. The van der Waals surface area contributed by atoms with E-state index in [2.05, 4.69) is 54.6 Å². The lowest BCUT2D eigenvalue weighted by molar-refractivity contribution is -0.131. The number of carbonyl (C=O) groups excluding carboxylic acids is 1. The lowest BCUT2D eigenvalue weighted by atomic mass is 10.1. The molecule has 0 aromatic heterocycles. The van der Waals surface area contributed by atoms with Crippen LogP contribution in [0.4, 0.5) is 0 Å². The fourth-order valence-electron chi connectivity index (χ4n) is 2.00. The van der Waals surface area contributed by atoms with Gasteiger partial charge in [0.05, 0.1) is 12.5 Å². The highest BCUT2D eigenvalue weighted by molar-refractivity contribution is 6.74. The summed E-state index contributed by atoms with van der Waals surface area (Å²) in [7, 11) is -1.77. The summed E-state index contributed by atoms with van der Waals surface area (Å²) < 4.78 is 6.34. The Bertz CT molecular complexity index is 326. The number of nitrogens with zero attached hydrogens (tertiary/aromatic N) is 1. The van der Waals surface area contributed by atoms with Gasteiger partial charge in [-0.15, -0.1) is 0 Å². The number of hydrogen-bond donors (Lipinski definition) is 0. The van der Waals surface area contributed by atoms with Crippen LogP contribution < -0.4 is 0 Å². The van der Waals surface area contributed by atoms with Gasteiger partial charge in [-0.3, -0.25) is 4.79 Å². The van der Waals surface area contributed by atoms with Crippen molar-refractivity contribution in [2.75, 3.05) is 6.54 Å². The number of carbonyl (C=O) groups is 1. The molecule has 0 radical (unpaired) electrons. The van der Waals surface area contributed by atoms with Gasteiger partial charge in [0.15, 0.2) is 8.32 Å². The van der Waals surface area contributed by atoms with Crippen LogP contribution in [0.2, 0.25) is 18.1 Å². The van der Waals surface area contributed by atoms with Crippen LogP contribution in [0.5, 0.6) is 0 Å². The molecule has 1 aliphatic rings. The standard InChI is InChI=1S/C14H29NO2Si/c1-13(2,3)15-10-11(9-12(15)16)17-18(7,8)14(4,5)6/h11H,9-10H2,1-8H3/t11-/m1/s1. The molecule has 0 aromatic rings. The monoisotopic (exact) mass is 271 g/mol. The first-order chi connectivity index (χ1) is 7.84. The predicted molar refractivity (Wildman–Crippen MR) is 78.2 cm³/mol. The Morgan fingerprint density at radius 3 is 2.00 bits per heavy atom. The van der Waals surface area contributed by atoms with E-state index in [1.54, 1.807) is 0 Å². The average molecular weight is 271 g/mol. The van der Waals surface area contributed by atoms with Crippen LogP contribution in [0.15, 0.2) is 0 Å². The first kappa shape index (κ1) is 15.7. The summed E-state index contributed by atoms with van der Waals surface area (Å²) in [5, 5.41) is 0.200. The Kier molecular flexibility index (Phi) is 4.05. The number of likely N-dealkylation sites (tertiary alicyclic amines) is 1. The molecular formula is C14H29NO2Si. The molecule has 18 heavy (non-hydrogen) atoms. The van der Waals surface area contributed by atoms with E-state index in [0.717, 1.165) is 6.54 Å². The zero-order chi connectivity index (χ0) is 14.4. The van der Waals surface area contributed by atoms with E-state index >= 15 is 0 Å². The first-order valence-corrected chi connectivity index (χ1v) is 9.74. The van der Waals surface area contributed by atoms with Crippen LogP contribution in [-0.2, 0) is 9.22 Å². The summed E-state index contributed by atoms with van der Waals surface area (Å²) in [6, 6.07) is 0. The smallest absolute Gasteiger partial charge is 0.225 e. The maximum atomic E-state index is 12.0. The summed E-state index contributed by atoms with van der Waals surface area (Å²) in [5.74, 6) is 0.228. The Labute approximate surface area is 113 Å². The van der Waals surface area contributed by atoms with Crippen molar-refractivity contribution >= 4 is 14.2 Å². The molecule has 106 valence electrons. The van der Waals surface area contributed by atoms with E-state index in [-0.39, 0.29) is 22.6 Å². The second-order valence-electron chi connectivity index (χ2n) is 7.88. The van der Waals surface area contributed by atoms with Crippen LogP contribution in [0, 0.1) is 0 Å². The molecular weight excluding hydrogens is 242 g/mol. The Balaban J connectivity index is 2.71. The number of amides is 1. The SMILES string of the molecule is CC(C)(C)N1C[C@H](O[Si](C)(C)C(C)(C)C)CC1=O. The highest BCUT2D eigenvalue weighted by Crippen LogP contribution is 2.38. The maximum Gasteiger partial charge on any atom is 0.225 e. The maximum absolute atomic E-state index is 12.0. The first-order valence-electron chi connectivity index (χ1n) is 6.83. The largest absolute Gasteiger partial charge is 0.412 e. The Morgan fingerprint density at radius 2 is 1.67 bits per heavy atom. The molecule has 1 rings (SSSR count). The predicted octanol–water partition coefficient (Wildman–Crippen LogP) is 3.41. The minimum atomic E-state index is -1.77. The molecule has 0 N–H and O–H groups in total. The van der Waals surface area contributed by atoms with Crippen molar-refractivity contribution in [2.24, 2.45) is 0 Å². The van der Waals surface area contributed by atoms with Crippen molar-refractivity contribution in [3.8, 4) is 0 Å². The van der Waals surface area contributed by atoms with Crippen molar-refractivity contribution in [1.29, 1.82) is 0 Å². The third-order valence-corrected chi connectivity index (χ3v) is 8.70. The van der Waals surface area contributed by atoms with Crippen LogP contribution in [0.25, 0.3) is 0 Å². The topological polar surface area (TPSA) is 29.5 Å². The summed E-state index contributed by atoms with van der Waals surface area (Å²) >= 11 is 0. The number of rotatable bonds is 2. The molecule has 1 fully saturated rings. The van der Waals surface area contributed by atoms with Gasteiger partial charge in [-0.2, -0.15) is 0 Å². The normalized spacial score (nSPS) is 22.8. The molecule has 4 heteroatoms. The zero-order valence-electron chi connectivity index (χ0n) is 13.3. The van der Waals surface area contributed by atoms with E-state index in [9.17, 15) is 4.79 Å². The lowest BCUT2D eigenvalue weighted by Gasteiger charge is -2.39. The van der Waals surface area contributed by atoms with Crippen LogP contribution in [0.3, 0.4) is 0 Å². The molecule has 1 heterocycles. The third kappa shape index (κ3) is 3.35. The van der Waals surface area contributed by atoms with Gasteiger partial charge in [0, 0.05) is 12.1 Å². The highest BCUT2D eigenvalue weighted by Gasteiger charge is 2.43. The zero-order valence-corrected chi connectivity index (χ0v) is 14.3. The molecule has 0 aliphatic carbocycles. The summed E-state index contributed by atoms with van der Waals surface area (Å²) in [5.41, 5.74) is -0.0946. The van der Waals surface area contributed by atoms with Gasteiger partial charge in [0.2, 0.25) is 5.91 Å². The van der Waals surface area contributed by atoms with Crippen molar-refractivity contribution in [3.63, 3.8) is 0 Å². The molecule has 1 atom stereocenters. The highest BCUT2D eigenvalue weighted by atomic mass is 28.4. The van der Waals surface area contributed by atoms with Gasteiger partial charge >= 0.3 is 0 Å². The molecule has 0 saturated carbocycles. The van der Waals surface area contributed by atoms with Gasteiger partial charge in [0.1, 0.15) is 0 Å². The van der Waals surface area contributed by atoms with E-state index in [1.165, 1.54) is 0 Å². The van der Waals surface area contributed by atoms with Gasteiger partial charge < -0.3 is 9.33 Å². The Hall–Kier alpha value is -0.353. The minimum Gasteiger partial charge on any atom is -0.412 e. The fraction of sp³-hybridized carbons (Fsp3) is 0.929. The van der Waals surface area contributed by atoms with Crippen LogP contribution in [0.1, 0.15) is 48.0 Å². The number of hydrogen-bond acceptors (Lipinski definition) is 2. The van der Waals surface area contributed by atoms with E-state index in [0.29, 0.717) is 6.42 Å². The van der Waals surface area contributed by atoms with Gasteiger partial charge in [0.25, 0.3) is 0 Å². The van der Waals surface area contributed by atoms with E-state index in [1.807, 2.05) is 4.90 Å². The minimum absolute atomic E-state index is 0.0811. The average Bonchev–Trinajstić information content (AvgIpc) is 2.42. The van der Waals surface area contributed by atoms with Crippen LogP contribution in [-0.4, -0.2) is 37.3 Å². The van der Waals surface area contributed by atoms with Crippen molar-refractivity contribution in [3.05, 3.63) is 0 Å². The third-order valence-electron chi connectivity index (χ3n) is 4.17. The summed E-state index contributed by atoms with van der Waals surface area (Å²) in [6.45, 7) is 18.2. The second-order valence-corrected chi connectivity index (χ2v) is 12.6. The quantitative estimate of drug-likeness (QED) is 0.720. The summed E-state index contributed by atoms with van der Waals surface area (Å²) in [6.07, 6.45) is 0.627. The fourth-order valence-corrected chi connectivity index (χ4v) is 3.34. The van der Waals surface area contributed by atoms with Crippen molar-refractivity contribution in [2.45, 2.75) is 77.7 Å². The molecule has 0 bridgehead atoms. The molecule has 1 amide bonds. The van der Waals surface area contributed by atoms with Crippen molar-refractivity contribution < 1.29 is 9.22 Å². The van der Waals surface area contributed by atoms with Gasteiger partial charge in [-0.1, -0.05) is 20.8 Å². The van der Waals surface area contributed by atoms with E-state index < -0.39 is 8.32 Å². The van der Waals surface area contributed by atoms with Gasteiger partial charge in [-0.25, -0.2) is 0 Å². The van der Waals surface area contributed by atoms with Gasteiger partial charge in [-0.05, 0) is 38.9 Å². The molecule has 3 nitrogen and oxygen atoms in total. The van der Waals surface area contributed by atoms with Crippen LogP contribution >= 0.6 is 0 Å². The van der Waals surface area contributed by atoms with E-state index in [4.69, 9.17) is 4.43 Å². The lowest BCUT2D eigenvalue weighted by Crippen LogP contribution is -2.46. The Morgan fingerprint density at radius 1 is 1.17 bits per heavy atom. The second kappa shape index (κ2) is 4.64.